The normalized spacial score (nSPS) is 13.3. The Bertz CT molecular complexity index is 916. The number of carbonyl (C=O) groups excluding carboxylic acids is 1. The number of amides is 1. The monoisotopic (exact) mass is 438 g/mol. The van der Waals surface area contributed by atoms with Crippen LogP contribution in [0.5, 0.6) is 0 Å². The van der Waals surface area contributed by atoms with Crippen molar-refractivity contribution in [1.29, 1.82) is 0 Å². The average Bonchev–Trinajstić information content (AvgIpc) is 3.28. The Labute approximate surface area is 191 Å². The van der Waals surface area contributed by atoms with Gasteiger partial charge >= 0.3 is 0 Å². The minimum Gasteiger partial charge on any atom is -0.368 e. The van der Waals surface area contributed by atoms with Gasteiger partial charge in [-0.1, -0.05) is 42.0 Å². The molecule has 0 radical (unpaired) electrons. The maximum Gasteiger partial charge on any atom is 0.222 e. The molecule has 2 aromatic carbocycles. The Kier molecular flexibility index (Phi) is 8.15. The van der Waals surface area contributed by atoms with E-state index in [0.29, 0.717) is 6.42 Å². The van der Waals surface area contributed by atoms with Crippen molar-refractivity contribution in [2.75, 3.05) is 40.3 Å². The molecule has 1 aliphatic heterocycles. The van der Waals surface area contributed by atoms with E-state index in [1.807, 2.05) is 11.9 Å². The molecule has 1 heterocycles. The number of carbonyl (C=O) groups is 1. The molecule has 0 atom stereocenters. The minimum absolute atomic E-state index is 0.187. The van der Waals surface area contributed by atoms with Gasteiger partial charge in [0.15, 0.2) is 0 Å². The van der Waals surface area contributed by atoms with E-state index in [2.05, 4.69) is 78.8 Å². The van der Waals surface area contributed by atoms with Crippen molar-refractivity contribution in [1.82, 2.24) is 14.5 Å². The highest BCUT2D eigenvalue weighted by molar-refractivity contribution is 7.97. The number of likely N-dealkylation sites (N-methyl/N-ethyl adjacent to an activating group) is 2. The van der Waals surface area contributed by atoms with Crippen LogP contribution < -0.4 is 5.32 Å². The van der Waals surface area contributed by atoms with E-state index in [4.69, 9.17) is 0 Å². The number of aryl methyl sites for hydroxylation is 4. The zero-order chi connectivity index (χ0) is 22.4. The molecule has 0 aliphatic carbocycles. The van der Waals surface area contributed by atoms with E-state index in [1.54, 1.807) is 11.9 Å². The van der Waals surface area contributed by atoms with Gasteiger partial charge in [-0.25, -0.2) is 4.31 Å². The summed E-state index contributed by atoms with van der Waals surface area (Å²) >= 11 is 1.76. The summed E-state index contributed by atoms with van der Waals surface area (Å²) in [7, 11) is 3.99. The van der Waals surface area contributed by atoms with Crippen LogP contribution in [-0.2, 0) is 11.2 Å². The van der Waals surface area contributed by atoms with Crippen LogP contribution in [0.1, 0.15) is 34.2 Å². The number of nitrogens with zero attached hydrogens (tertiary/aromatic N) is 3. The molecule has 166 valence electrons. The summed E-state index contributed by atoms with van der Waals surface area (Å²) in [4.78, 5) is 20.2. The smallest absolute Gasteiger partial charge is 0.222 e. The molecule has 1 amide bonds. The van der Waals surface area contributed by atoms with E-state index in [-0.39, 0.29) is 5.91 Å². The number of amidine groups is 1. The standard InChI is InChI=1S/C25H34N4OS/c1-18-16-19(2)24(20(3)17-18)31-29(5)15-14-28(4)23(30)11-8-21-6-9-22(10-7-21)25-26-12-13-27-25/h6-7,9-10,16-17H,8,11-15H2,1-5H3,(H,26,27). The summed E-state index contributed by atoms with van der Waals surface area (Å²) in [5.41, 5.74) is 6.21. The number of benzene rings is 2. The fourth-order valence-electron chi connectivity index (χ4n) is 3.79. The lowest BCUT2D eigenvalue weighted by atomic mass is 10.1. The van der Waals surface area contributed by atoms with Gasteiger partial charge in [0, 0.05) is 43.6 Å². The van der Waals surface area contributed by atoms with Crippen molar-refractivity contribution in [3.63, 3.8) is 0 Å². The molecule has 0 spiro atoms. The summed E-state index contributed by atoms with van der Waals surface area (Å²) in [6.45, 7) is 9.76. The molecule has 0 unspecified atom stereocenters. The van der Waals surface area contributed by atoms with Gasteiger partial charge in [-0.2, -0.15) is 0 Å². The number of hydrogen-bond donors (Lipinski definition) is 1. The fraction of sp³-hybridized carbons (Fsp3) is 0.440. The highest BCUT2D eigenvalue weighted by Gasteiger charge is 2.13. The van der Waals surface area contributed by atoms with Gasteiger partial charge in [0.25, 0.3) is 0 Å². The van der Waals surface area contributed by atoms with Gasteiger partial charge in [-0.05, 0) is 62.9 Å². The molecule has 5 nitrogen and oxygen atoms in total. The van der Waals surface area contributed by atoms with Crippen molar-refractivity contribution in [3.05, 3.63) is 64.2 Å². The van der Waals surface area contributed by atoms with Gasteiger partial charge in [-0.15, -0.1) is 0 Å². The number of nitrogens with one attached hydrogen (secondary N) is 1. The van der Waals surface area contributed by atoms with Crippen molar-refractivity contribution in [2.24, 2.45) is 4.99 Å². The highest BCUT2D eigenvalue weighted by Crippen LogP contribution is 2.29. The Hall–Kier alpha value is -2.31. The molecule has 1 N–H and O–H groups in total. The SMILES string of the molecule is Cc1cc(C)c(SN(C)CCN(C)C(=O)CCc2ccc(C3=NCCN3)cc2)c(C)c1. The molecule has 2 aromatic rings. The zero-order valence-corrected chi connectivity index (χ0v) is 20.2. The van der Waals surface area contributed by atoms with Crippen molar-refractivity contribution in [2.45, 2.75) is 38.5 Å². The topological polar surface area (TPSA) is 47.9 Å². The van der Waals surface area contributed by atoms with E-state index in [1.165, 1.54) is 27.1 Å². The minimum atomic E-state index is 0.187. The molecule has 0 aromatic heterocycles. The van der Waals surface area contributed by atoms with Crippen molar-refractivity contribution in [3.8, 4) is 0 Å². The lowest BCUT2D eigenvalue weighted by Crippen LogP contribution is -2.33. The quantitative estimate of drug-likeness (QED) is 0.602. The number of hydrogen-bond acceptors (Lipinski definition) is 5. The van der Waals surface area contributed by atoms with Gasteiger partial charge in [0.1, 0.15) is 5.84 Å². The molecule has 6 heteroatoms. The van der Waals surface area contributed by atoms with Gasteiger partial charge in [-0.3, -0.25) is 9.79 Å². The number of rotatable bonds is 9. The average molecular weight is 439 g/mol. The van der Waals surface area contributed by atoms with Crippen LogP contribution in [0.25, 0.3) is 0 Å². The largest absolute Gasteiger partial charge is 0.368 e. The van der Waals surface area contributed by atoms with E-state index in [0.717, 1.165) is 44.0 Å². The van der Waals surface area contributed by atoms with Crippen LogP contribution >= 0.6 is 11.9 Å². The molecule has 0 saturated carbocycles. The Morgan fingerprint density at radius 1 is 1.06 bits per heavy atom. The predicted molar refractivity (Wildman–Crippen MR) is 131 cm³/mol. The summed E-state index contributed by atoms with van der Waals surface area (Å²) in [6, 6.07) is 12.8. The predicted octanol–water partition coefficient (Wildman–Crippen LogP) is 3.99. The number of aliphatic imine (C=N–C) groups is 1. The van der Waals surface area contributed by atoms with Gasteiger partial charge < -0.3 is 10.2 Å². The fourth-order valence-corrected chi connectivity index (χ4v) is 4.68. The molecular weight excluding hydrogens is 404 g/mol. The molecule has 1 aliphatic rings. The van der Waals surface area contributed by atoms with Crippen LogP contribution in [0.15, 0.2) is 46.3 Å². The summed E-state index contributed by atoms with van der Waals surface area (Å²) < 4.78 is 2.22. The second kappa shape index (κ2) is 10.8. The molecule has 0 bridgehead atoms. The lowest BCUT2D eigenvalue weighted by Gasteiger charge is -2.23. The van der Waals surface area contributed by atoms with Crippen LogP contribution in [0.2, 0.25) is 0 Å². The maximum absolute atomic E-state index is 12.6. The Morgan fingerprint density at radius 3 is 2.35 bits per heavy atom. The second-order valence-corrected chi connectivity index (χ2v) is 9.55. The molecular formula is C25H34N4OS. The zero-order valence-electron chi connectivity index (χ0n) is 19.4. The second-order valence-electron chi connectivity index (χ2n) is 8.34. The summed E-state index contributed by atoms with van der Waals surface area (Å²) in [5.74, 6) is 1.16. The summed E-state index contributed by atoms with van der Waals surface area (Å²) in [6.07, 6.45) is 1.29. The third-order valence-corrected chi connectivity index (χ3v) is 6.88. The Morgan fingerprint density at radius 2 is 1.74 bits per heavy atom. The highest BCUT2D eigenvalue weighted by atomic mass is 32.2. The Balaban J connectivity index is 1.43. The lowest BCUT2D eigenvalue weighted by molar-refractivity contribution is -0.129. The van der Waals surface area contributed by atoms with Crippen LogP contribution in [-0.4, -0.2) is 61.2 Å². The first kappa shape index (κ1) is 23.4. The van der Waals surface area contributed by atoms with Gasteiger partial charge in [0.05, 0.1) is 6.54 Å². The van der Waals surface area contributed by atoms with Crippen molar-refractivity contribution >= 4 is 23.7 Å². The molecule has 0 fully saturated rings. The first-order valence-electron chi connectivity index (χ1n) is 10.9. The third-order valence-electron chi connectivity index (χ3n) is 5.56. The first-order chi connectivity index (χ1) is 14.8. The molecule has 31 heavy (non-hydrogen) atoms. The van der Waals surface area contributed by atoms with Gasteiger partial charge in [0.2, 0.25) is 5.91 Å². The van der Waals surface area contributed by atoms with E-state index in [9.17, 15) is 4.79 Å². The molecule has 3 rings (SSSR count). The van der Waals surface area contributed by atoms with E-state index < -0.39 is 0 Å². The van der Waals surface area contributed by atoms with Crippen LogP contribution in [0.4, 0.5) is 0 Å². The molecule has 0 saturated heterocycles. The van der Waals surface area contributed by atoms with Crippen molar-refractivity contribution < 1.29 is 4.79 Å². The first-order valence-corrected chi connectivity index (χ1v) is 11.7. The maximum atomic E-state index is 12.6. The summed E-state index contributed by atoms with van der Waals surface area (Å²) in [5, 5.41) is 3.29. The van der Waals surface area contributed by atoms with Crippen LogP contribution in [0.3, 0.4) is 0 Å². The van der Waals surface area contributed by atoms with E-state index >= 15 is 0 Å². The third kappa shape index (κ3) is 6.58. The van der Waals surface area contributed by atoms with Crippen LogP contribution in [0, 0.1) is 20.8 Å².